The van der Waals surface area contributed by atoms with Crippen LogP contribution in [-0.2, 0) is 11.2 Å². The van der Waals surface area contributed by atoms with E-state index in [0.29, 0.717) is 24.2 Å². The van der Waals surface area contributed by atoms with Gasteiger partial charge in [-0.1, -0.05) is 11.6 Å². The topological polar surface area (TPSA) is 101 Å². The molecule has 1 aliphatic rings. The van der Waals surface area contributed by atoms with Gasteiger partial charge in [-0.3, -0.25) is 19.7 Å². The molecule has 0 saturated heterocycles. The molecule has 0 unspecified atom stereocenters. The van der Waals surface area contributed by atoms with Gasteiger partial charge in [0.15, 0.2) is 0 Å². The Morgan fingerprint density at radius 3 is 2.75 bits per heavy atom. The number of nitrogens with zero attached hydrogens (tertiary/aromatic N) is 1. The highest BCUT2D eigenvalue weighted by Gasteiger charge is 2.21. The van der Waals surface area contributed by atoms with Crippen molar-refractivity contribution in [2.75, 3.05) is 10.6 Å². The third-order valence-electron chi connectivity index (χ3n) is 3.66. The first-order valence-corrected chi connectivity index (χ1v) is 7.50. The molecule has 0 fully saturated rings. The van der Waals surface area contributed by atoms with Crippen LogP contribution in [0.2, 0.25) is 5.02 Å². The molecule has 0 bridgehead atoms. The number of nitro groups is 1. The number of benzene rings is 2. The largest absolute Gasteiger partial charge is 0.326 e. The van der Waals surface area contributed by atoms with Crippen molar-refractivity contribution < 1.29 is 14.5 Å². The fourth-order valence-electron chi connectivity index (χ4n) is 2.51. The molecule has 0 atom stereocenters. The molecule has 0 spiro atoms. The second-order valence-electron chi connectivity index (χ2n) is 5.29. The summed E-state index contributed by atoms with van der Waals surface area (Å²) in [5.74, 6) is -0.669. The average molecular weight is 346 g/mol. The summed E-state index contributed by atoms with van der Waals surface area (Å²) in [6, 6.07) is 8.86. The van der Waals surface area contributed by atoms with Gasteiger partial charge in [0.1, 0.15) is 5.56 Å². The zero-order valence-corrected chi connectivity index (χ0v) is 13.1. The van der Waals surface area contributed by atoms with Gasteiger partial charge in [-0.15, -0.1) is 0 Å². The summed E-state index contributed by atoms with van der Waals surface area (Å²) in [7, 11) is 0. The summed E-state index contributed by atoms with van der Waals surface area (Å²) in [5.41, 5.74) is 1.66. The molecule has 1 heterocycles. The van der Waals surface area contributed by atoms with E-state index in [1.54, 1.807) is 18.2 Å². The van der Waals surface area contributed by atoms with E-state index in [2.05, 4.69) is 10.6 Å². The lowest BCUT2D eigenvalue weighted by Gasteiger charge is -2.17. The number of rotatable bonds is 3. The van der Waals surface area contributed by atoms with Gasteiger partial charge in [0.05, 0.1) is 4.92 Å². The maximum absolute atomic E-state index is 12.4. The lowest BCUT2D eigenvalue weighted by molar-refractivity contribution is -0.385. The summed E-state index contributed by atoms with van der Waals surface area (Å²) in [6.07, 6.45) is 0.951. The fraction of sp³-hybridized carbons (Fsp3) is 0.125. The number of anilines is 2. The van der Waals surface area contributed by atoms with E-state index in [0.717, 1.165) is 5.56 Å². The van der Waals surface area contributed by atoms with E-state index in [4.69, 9.17) is 11.6 Å². The Morgan fingerprint density at radius 1 is 1.21 bits per heavy atom. The number of hydrogen-bond acceptors (Lipinski definition) is 4. The number of carbonyl (C=O) groups is 2. The minimum Gasteiger partial charge on any atom is -0.326 e. The third-order valence-corrected chi connectivity index (χ3v) is 3.89. The van der Waals surface area contributed by atoms with Crippen LogP contribution in [0.5, 0.6) is 0 Å². The van der Waals surface area contributed by atoms with Gasteiger partial charge in [0.2, 0.25) is 5.91 Å². The third kappa shape index (κ3) is 3.21. The SMILES string of the molecule is O=C1CCc2cc(NC(=O)c3cc(Cl)ccc3[N+](=O)[O-])ccc2N1. The molecule has 2 aromatic carbocycles. The normalized spacial score (nSPS) is 13.0. The van der Waals surface area contributed by atoms with Crippen LogP contribution in [0.25, 0.3) is 0 Å². The molecule has 2 N–H and O–H groups in total. The number of nitro benzene ring substituents is 1. The number of amides is 2. The first-order chi connectivity index (χ1) is 11.4. The Bertz CT molecular complexity index is 866. The first kappa shape index (κ1) is 15.9. The molecule has 122 valence electrons. The molecule has 7 nitrogen and oxygen atoms in total. The van der Waals surface area contributed by atoms with Crippen LogP contribution in [0, 0.1) is 10.1 Å². The predicted octanol–water partition coefficient (Wildman–Crippen LogP) is 3.39. The van der Waals surface area contributed by atoms with E-state index in [9.17, 15) is 19.7 Å². The Kier molecular flexibility index (Phi) is 4.18. The molecule has 2 aromatic rings. The molecule has 24 heavy (non-hydrogen) atoms. The Hall–Kier alpha value is -2.93. The fourth-order valence-corrected chi connectivity index (χ4v) is 2.68. The zero-order valence-electron chi connectivity index (χ0n) is 12.3. The molecular weight excluding hydrogens is 334 g/mol. The van der Waals surface area contributed by atoms with Crippen molar-refractivity contribution in [2.24, 2.45) is 0 Å². The number of aryl methyl sites for hydroxylation is 1. The van der Waals surface area contributed by atoms with Gasteiger partial charge in [-0.2, -0.15) is 0 Å². The summed E-state index contributed by atoms with van der Waals surface area (Å²) in [4.78, 5) is 34.1. The van der Waals surface area contributed by atoms with Crippen molar-refractivity contribution in [3.05, 3.63) is 62.7 Å². The molecular formula is C16H12ClN3O4. The van der Waals surface area contributed by atoms with E-state index in [1.807, 2.05) is 0 Å². The molecule has 0 radical (unpaired) electrons. The second-order valence-corrected chi connectivity index (χ2v) is 5.73. The van der Waals surface area contributed by atoms with Crippen LogP contribution in [-0.4, -0.2) is 16.7 Å². The molecule has 0 aromatic heterocycles. The monoisotopic (exact) mass is 345 g/mol. The van der Waals surface area contributed by atoms with Crippen molar-refractivity contribution in [1.29, 1.82) is 0 Å². The highest BCUT2D eigenvalue weighted by Crippen LogP contribution is 2.27. The maximum Gasteiger partial charge on any atom is 0.282 e. The van der Waals surface area contributed by atoms with Crippen LogP contribution in [0.1, 0.15) is 22.3 Å². The second kappa shape index (κ2) is 6.29. The van der Waals surface area contributed by atoms with Crippen LogP contribution in [0.4, 0.5) is 17.1 Å². The average Bonchev–Trinajstić information content (AvgIpc) is 2.54. The van der Waals surface area contributed by atoms with Gasteiger partial charge in [-0.05, 0) is 42.3 Å². The summed E-state index contributed by atoms with van der Waals surface area (Å²) in [6.45, 7) is 0. The van der Waals surface area contributed by atoms with Crippen LogP contribution < -0.4 is 10.6 Å². The van der Waals surface area contributed by atoms with Crippen LogP contribution in [0.3, 0.4) is 0 Å². The highest BCUT2D eigenvalue weighted by atomic mass is 35.5. The summed E-state index contributed by atoms with van der Waals surface area (Å²) in [5, 5.41) is 16.7. The maximum atomic E-state index is 12.4. The first-order valence-electron chi connectivity index (χ1n) is 7.12. The number of fused-ring (bicyclic) bond motifs is 1. The van der Waals surface area contributed by atoms with Crippen molar-refractivity contribution in [3.63, 3.8) is 0 Å². The molecule has 3 rings (SSSR count). The van der Waals surface area contributed by atoms with Gasteiger partial charge in [0.25, 0.3) is 11.6 Å². The lowest BCUT2D eigenvalue weighted by atomic mass is 10.0. The molecule has 0 saturated carbocycles. The molecule has 1 aliphatic heterocycles. The van der Waals surface area contributed by atoms with E-state index in [-0.39, 0.29) is 22.2 Å². The molecule has 0 aliphatic carbocycles. The van der Waals surface area contributed by atoms with Crippen molar-refractivity contribution in [2.45, 2.75) is 12.8 Å². The highest BCUT2D eigenvalue weighted by molar-refractivity contribution is 6.31. The minimum absolute atomic E-state index is 0.0474. The quantitative estimate of drug-likeness (QED) is 0.657. The molecule has 8 heteroatoms. The Balaban J connectivity index is 1.87. The molecule has 2 amide bonds. The number of hydrogen-bond donors (Lipinski definition) is 2. The smallest absolute Gasteiger partial charge is 0.282 e. The van der Waals surface area contributed by atoms with Gasteiger partial charge in [0, 0.05) is 28.9 Å². The van der Waals surface area contributed by atoms with E-state index >= 15 is 0 Å². The Labute approximate surface area is 141 Å². The van der Waals surface area contributed by atoms with Gasteiger partial charge >= 0.3 is 0 Å². The van der Waals surface area contributed by atoms with E-state index in [1.165, 1.54) is 18.2 Å². The van der Waals surface area contributed by atoms with Crippen LogP contribution in [0.15, 0.2) is 36.4 Å². The number of carbonyl (C=O) groups excluding carboxylic acids is 2. The van der Waals surface area contributed by atoms with Crippen LogP contribution >= 0.6 is 11.6 Å². The number of nitrogens with one attached hydrogen (secondary N) is 2. The van der Waals surface area contributed by atoms with Crippen molar-refractivity contribution in [1.82, 2.24) is 0 Å². The lowest BCUT2D eigenvalue weighted by Crippen LogP contribution is -2.19. The van der Waals surface area contributed by atoms with E-state index < -0.39 is 10.8 Å². The standard InChI is InChI=1S/C16H12ClN3O4/c17-10-2-5-14(20(23)24)12(8-10)16(22)18-11-3-4-13-9(7-11)1-6-15(21)19-13/h2-5,7-8H,1,6H2,(H,18,22)(H,19,21). The summed E-state index contributed by atoms with van der Waals surface area (Å²) < 4.78 is 0. The predicted molar refractivity (Wildman–Crippen MR) is 89.5 cm³/mol. The number of halogens is 1. The zero-order chi connectivity index (χ0) is 17.3. The van der Waals surface area contributed by atoms with Crippen molar-refractivity contribution >= 4 is 40.5 Å². The van der Waals surface area contributed by atoms with Gasteiger partial charge < -0.3 is 10.6 Å². The van der Waals surface area contributed by atoms with Crippen molar-refractivity contribution in [3.8, 4) is 0 Å². The Morgan fingerprint density at radius 2 is 2.00 bits per heavy atom. The summed E-state index contributed by atoms with van der Waals surface area (Å²) >= 11 is 5.83. The van der Waals surface area contributed by atoms with Gasteiger partial charge in [-0.25, -0.2) is 0 Å². The minimum atomic E-state index is -0.631.